The lowest BCUT2D eigenvalue weighted by molar-refractivity contribution is 0.0950. The number of benzene rings is 2. The highest BCUT2D eigenvalue weighted by Crippen LogP contribution is 2.23. The van der Waals surface area contributed by atoms with Crippen molar-refractivity contribution in [2.75, 3.05) is 5.75 Å². The molecule has 2 heterocycles. The van der Waals surface area contributed by atoms with Crippen LogP contribution in [0.25, 0.3) is 5.69 Å². The van der Waals surface area contributed by atoms with Crippen molar-refractivity contribution < 1.29 is 9.59 Å². The summed E-state index contributed by atoms with van der Waals surface area (Å²) in [6, 6.07) is 17.3. The van der Waals surface area contributed by atoms with Gasteiger partial charge in [-0.2, -0.15) is 0 Å². The van der Waals surface area contributed by atoms with E-state index in [1.165, 1.54) is 11.8 Å². The van der Waals surface area contributed by atoms with Crippen LogP contribution >= 0.6 is 23.1 Å². The first-order valence-corrected chi connectivity index (χ1v) is 12.1. The zero-order valence-corrected chi connectivity index (χ0v) is 19.5. The maximum Gasteiger partial charge on any atom is 0.251 e. The fourth-order valence-corrected chi connectivity index (χ4v) is 4.79. The minimum absolute atomic E-state index is 0.0866. The summed E-state index contributed by atoms with van der Waals surface area (Å²) in [4.78, 5) is 30.7. The fourth-order valence-electron chi connectivity index (χ4n) is 3.29. The molecule has 7 heteroatoms. The van der Waals surface area contributed by atoms with Crippen molar-refractivity contribution in [2.45, 2.75) is 25.5 Å². The second kappa shape index (κ2) is 9.97. The van der Waals surface area contributed by atoms with Crippen LogP contribution in [-0.4, -0.2) is 27.0 Å². The van der Waals surface area contributed by atoms with E-state index in [1.54, 1.807) is 29.7 Å². The Morgan fingerprint density at radius 2 is 1.91 bits per heavy atom. The second-order valence-corrected chi connectivity index (χ2v) is 9.39. The van der Waals surface area contributed by atoms with Gasteiger partial charge in [-0.15, -0.1) is 11.3 Å². The van der Waals surface area contributed by atoms with E-state index in [-0.39, 0.29) is 11.7 Å². The number of nitrogens with zero attached hydrogens (tertiary/aromatic N) is 2. The Morgan fingerprint density at radius 3 is 2.66 bits per heavy atom. The SMILES string of the molecule is Cc1ccc(C)c(C(=O)CSc2nccn2-c2ccc(C(=O)NCc3cccs3)cc2)c1. The van der Waals surface area contributed by atoms with Gasteiger partial charge >= 0.3 is 0 Å². The number of imidazole rings is 1. The standard InChI is InChI=1S/C25H23N3O2S2/c1-17-5-6-18(2)22(14-17)23(29)16-32-25-26-11-12-28(25)20-9-7-19(8-10-20)24(30)27-15-21-4-3-13-31-21/h3-14H,15-16H2,1-2H3,(H,27,30). The average molecular weight is 462 g/mol. The fraction of sp³-hybridized carbons (Fsp3) is 0.160. The van der Waals surface area contributed by atoms with Gasteiger partial charge in [0, 0.05) is 34.1 Å². The molecule has 1 amide bonds. The Kier molecular flexibility index (Phi) is 6.87. The van der Waals surface area contributed by atoms with E-state index in [4.69, 9.17) is 0 Å². The lowest BCUT2D eigenvalue weighted by Gasteiger charge is -2.10. The van der Waals surface area contributed by atoms with E-state index in [0.29, 0.717) is 17.9 Å². The monoisotopic (exact) mass is 461 g/mol. The molecule has 2 aromatic carbocycles. The molecule has 4 aromatic rings. The highest BCUT2D eigenvalue weighted by Gasteiger charge is 2.13. The summed E-state index contributed by atoms with van der Waals surface area (Å²) in [5, 5.41) is 5.66. The summed E-state index contributed by atoms with van der Waals surface area (Å²) in [5.74, 6) is 0.289. The van der Waals surface area contributed by atoms with Gasteiger partial charge in [0.15, 0.2) is 10.9 Å². The Morgan fingerprint density at radius 1 is 1.09 bits per heavy atom. The average Bonchev–Trinajstić information content (AvgIpc) is 3.49. The first kappa shape index (κ1) is 22.0. The summed E-state index contributed by atoms with van der Waals surface area (Å²) >= 11 is 3.02. The number of aromatic nitrogens is 2. The molecule has 0 bridgehead atoms. The highest BCUT2D eigenvalue weighted by molar-refractivity contribution is 7.99. The van der Waals surface area contributed by atoms with Crippen LogP contribution in [0.5, 0.6) is 0 Å². The number of hydrogen-bond donors (Lipinski definition) is 1. The molecule has 4 rings (SSSR count). The molecule has 0 aliphatic carbocycles. The first-order valence-electron chi connectivity index (χ1n) is 10.2. The number of ketones is 1. The highest BCUT2D eigenvalue weighted by atomic mass is 32.2. The molecule has 0 aliphatic heterocycles. The second-order valence-electron chi connectivity index (χ2n) is 7.42. The topological polar surface area (TPSA) is 64.0 Å². The van der Waals surface area contributed by atoms with Crippen LogP contribution in [0.4, 0.5) is 0 Å². The molecule has 2 aromatic heterocycles. The van der Waals surface area contributed by atoms with Crippen molar-refractivity contribution in [3.63, 3.8) is 0 Å². The van der Waals surface area contributed by atoms with Crippen LogP contribution in [0.3, 0.4) is 0 Å². The van der Waals surface area contributed by atoms with Gasteiger partial charge in [0.05, 0.1) is 12.3 Å². The van der Waals surface area contributed by atoms with E-state index in [2.05, 4.69) is 10.3 Å². The molecule has 0 saturated carbocycles. The zero-order chi connectivity index (χ0) is 22.5. The number of thioether (sulfide) groups is 1. The third kappa shape index (κ3) is 5.18. The van der Waals surface area contributed by atoms with E-state index < -0.39 is 0 Å². The number of nitrogens with one attached hydrogen (secondary N) is 1. The summed E-state index contributed by atoms with van der Waals surface area (Å²) in [7, 11) is 0. The third-order valence-electron chi connectivity index (χ3n) is 5.04. The Bertz CT molecular complexity index is 1230. The molecule has 0 aliphatic rings. The lowest BCUT2D eigenvalue weighted by atomic mass is 10.0. The molecular weight excluding hydrogens is 438 g/mol. The Hall–Kier alpha value is -3.16. The van der Waals surface area contributed by atoms with E-state index in [1.807, 2.05) is 72.5 Å². The van der Waals surface area contributed by atoms with Crippen molar-refractivity contribution in [3.8, 4) is 5.69 Å². The van der Waals surface area contributed by atoms with Gasteiger partial charge in [-0.25, -0.2) is 4.98 Å². The number of Topliss-reactive ketones (excluding diaryl/α,β-unsaturated/α-hetero) is 1. The van der Waals surface area contributed by atoms with Crippen molar-refractivity contribution >= 4 is 34.8 Å². The zero-order valence-electron chi connectivity index (χ0n) is 17.9. The molecule has 0 atom stereocenters. The van der Waals surface area contributed by atoms with Gasteiger partial charge in [-0.05, 0) is 61.2 Å². The molecule has 0 unspecified atom stereocenters. The Labute approximate surface area is 195 Å². The summed E-state index contributed by atoms with van der Waals surface area (Å²) in [5.41, 5.74) is 4.31. The van der Waals surface area contributed by atoms with Crippen LogP contribution in [0, 0.1) is 13.8 Å². The molecule has 1 N–H and O–H groups in total. The minimum Gasteiger partial charge on any atom is -0.347 e. The largest absolute Gasteiger partial charge is 0.347 e. The molecule has 5 nitrogen and oxygen atoms in total. The summed E-state index contributed by atoms with van der Waals surface area (Å²) in [6.07, 6.45) is 3.57. The van der Waals surface area contributed by atoms with Crippen LogP contribution < -0.4 is 5.32 Å². The van der Waals surface area contributed by atoms with Gasteiger partial charge in [0.1, 0.15) is 0 Å². The number of hydrogen-bond acceptors (Lipinski definition) is 5. The van der Waals surface area contributed by atoms with Crippen molar-refractivity contribution in [2.24, 2.45) is 0 Å². The quantitative estimate of drug-likeness (QED) is 0.280. The van der Waals surface area contributed by atoms with E-state index >= 15 is 0 Å². The number of thiophene rings is 1. The van der Waals surface area contributed by atoms with Crippen molar-refractivity contribution in [1.82, 2.24) is 14.9 Å². The number of aryl methyl sites for hydroxylation is 2. The molecule has 0 radical (unpaired) electrons. The summed E-state index contributed by atoms with van der Waals surface area (Å²) in [6.45, 7) is 4.47. The van der Waals surface area contributed by atoms with Gasteiger partial charge in [0.2, 0.25) is 0 Å². The predicted octanol–water partition coefficient (Wildman–Crippen LogP) is 5.46. The molecule has 32 heavy (non-hydrogen) atoms. The molecular formula is C25H23N3O2S2. The van der Waals surface area contributed by atoms with Crippen molar-refractivity contribution in [3.05, 3.63) is 99.5 Å². The van der Waals surface area contributed by atoms with Crippen LogP contribution in [-0.2, 0) is 6.54 Å². The van der Waals surface area contributed by atoms with Gasteiger partial charge < -0.3 is 5.32 Å². The van der Waals surface area contributed by atoms with Gasteiger partial charge in [-0.1, -0.05) is 35.5 Å². The predicted molar refractivity (Wildman–Crippen MR) is 130 cm³/mol. The maximum absolute atomic E-state index is 12.7. The van der Waals surface area contributed by atoms with Crippen LogP contribution in [0.2, 0.25) is 0 Å². The van der Waals surface area contributed by atoms with Crippen LogP contribution in [0.15, 0.2) is 77.5 Å². The van der Waals surface area contributed by atoms with E-state index in [0.717, 1.165) is 32.4 Å². The molecule has 162 valence electrons. The maximum atomic E-state index is 12.7. The molecule has 0 saturated heterocycles. The molecule has 0 spiro atoms. The third-order valence-corrected chi connectivity index (χ3v) is 6.89. The van der Waals surface area contributed by atoms with Crippen molar-refractivity contribution in [1.29, 1.82) is 0 Å². The Balaban J connectivity index is 1.41. The number of rotatable bonds is 8. The minimum atomic E-state index is -0.107. The molecule has 0 fully saturated rings. The van der Waals surface area contributed by atoms with Crippen LogP contribution in [0.1, 0.15) is 36.7 Å². The van der Waals surface area contributed by atoms with Gasteiger partial charge in [0.25, 0.3) is 5.91 Å². The number of amides is 1. The smallest absolute Gasteiger partial charge is 0.251 e. The summed E-state index contributed by atoms with van der Waals surface area (Å²) < 4.78 is 1.92. The van der Waals surface area contributed by atoms with Gasteiger partial charge in [-0.3, -0.25) is 14.2 Å². The number of carbonyl (C=O) groups excluding carboxylic acids is 2. The normalized spacial score (nSPS) is 10.8. The lowest BCUT2D eigenvalue weighted by Crippen LogP contribution is -2.22. The number of carbonyl (C=O) groups is 2. The van der Waals surface area contributed by atoms with E-state index in [9.17, 15) is 9.59 Å². The first-order chi connectivity index (χ1) is 15.5.